The Hall–Kier alpha value is -3.13. The zero-order valence-corrected chi connectivity index (χ0v) is 23.5. The summed E-state index contributed by atoms with van der Waals surface area (Å²) >= 11 is 1.81. The molecule has 0 aliphatic carbocycles. The van der Waals surface area contributed by atoms with Gasteiger partial charge >= 0.3 is 0 Å². The first-order valence-electron chi connectivity index (χ1n) is 12.6. The Balaban J connectivity index is 1.24. The molecular formula is C28H31N5O3S2. The maximum Gasteiger partial charge on any atom is 0.228 e. The summed E-state index contributed by atoms with van der Waals surface area (Å²) in [6.07, 6.45) is 3.15. The first-order valence-corrected chi connectivity index (χ1v) is 15.7. The monoisotopic (exact) mass is 549 g/mol. The number of sulfone groups is 1. The fourth-order valence-electron chi connectivity index (χ4n) is 4.96. The number of aromatic nitrogens is 2. The number of fused-ring (bicyclic) bond motifs is 1. The van der Waals surface area contributed by atoms with E-state index >= 15 is 0 Å². The molecule has 10 heteroatoms. The Morgan fingerprint density at radius 3 is 2.42 bits per heavy atom. The van der Waals surface area contributed by atoms with Gasteiger partial charge in [-0.05, 0) is 67.6 Å². The number of hydrogen-bond acceptors (Lipinski definition) is 9. The number of aryl methyl sites for hydroxylation is 2. The van der Waals surface area contributed by atoms with Crippen molar-refractivity contribution >= 4 is 27.5 Å². The van der Waals surface area contributed by atoms with Gasteiger partial charge in [-0.1, -0.05) is 12.1 Å². The van der Waals surface area contributed by atoms with Gasteiger partial charge < -0.3 is 10.1 Å². The van der Waals surface area contributed by atoms with Gasteiger partial charge in [0.15, 0.2) is 9.84 Å². The van der Waals surface area contributed by atoms with Gasteiger partial charge in [-0.15, -0.1) is 0 Å². The van der Waals surface area contributed by atoms with Crippen LogP contribution in [0.4, 0.5) is 5.95 Å². The molecule has 1 saturated heterocycles. The quantitative estimate of drug-likeness (QED) is 0.436. The molecule has 1 aromatic heterocycles. The standard InChI is InChI=1S/C28H31N5O3S2/c1-18-12-21(14-29)13-19(2)26(18)36-27-24-16-37-17-25(24)31-28(32-27)30-22-8-10-33(11-9-22)15-20-4-6-23(7-5-20)38(3,34)35/h4-7,12-13,22H,8-11,15-17H2,1-3H3,(H,30,31,32). The van der Waals surface area contributed by atoms with Crippen LogP contribution < -0.4 is 10.1 Å². The lowest BCUT2D eigenvalue weighted by atomic mass is 10.0. The molecule has 8 nitrogen and oxygen atoms in total. The van der Waals surface area contributed by atoms with Crippen LogP contribution in [-0.2, 0) is 27.9 Å². The second kappa shape index (κ2) is 10.9. The van der Waals surface area contributed by atoms with Crippen LogP contribution in [0.2, 0.25) is 0 Å². The molecule has 2 aliphatic rings. The number of ether oxygens (including phenoxy) is 1. The Bertz CT molecular complexity index is 1470. The van der Waals surface area contributed by atoms with E-state index in [2.05, 4.69) is 16.3 Å². The number of piperidine rings is 1. The summed E-state index contributed by atoms with van der Waals surface area (Å²) in [5.41, 5.74) is 5.61. The number of rotatable bonds is 7. The van der Waals surface area contributed by atoms with E-state index in [9.17, 15) is 13.7 Å². The Morgan fingerprint density at radius 2 is 1.79 bits per heavy atom. The average Bonchev–Trinajstić information content (AvgIpc) is 3.36. The number of likely N-dealkylation sites (tertiary alicyclic amines) is 1. The van der Waals surface area contributed by atoms with E-state index in [1.165, 1.54) is 6.26 Å². The first kappa shape index (κ1) is 26.5. The molecule has 0 unspecified atom stereocenters. The zero-order chi connectivity index (χ0) is 26.9. The Kier molecular flexibility index (Phi) is 7.61. The Labute approximate surface area is 228 Å². The van der Waals surface area contributed by atoms with Crippen LogP contribution >= 0.6 is 11.8 Å². The summed E-state index contributed by atoms with van der Waals surface area (Å²) in [5.74, 6) is 3.59. The van der Waals surface area contributed by atoms with E-state index in [1.807, 2.05) is 38.1 Å². The van der Waals surface area contributed by atoms with Crippen LogP contribution in [0.5, 0.6) is 11.6 Å². The molecule has 1 N–H and O–H groups in total. The third kappa shape index (κ3) is 5.96. The van der Waals surface area contributed by atoms with Crippen LogP contribution in [0.3, 0.4) is 0 Å². The van der Waals surface area contributed by atoms with Crippen LogP contribution in [0, 0.1) is 25.2 Å². The van der Waals surface area contributed by atoms with Gasteiger partial charge in [-0.2, -0.15) is 22.0 Å². The van der Waals surface area contributed by atoms with Gasteiger partial charge in [0.1, 0.15) is 5.75 Å². The highest BCUT2D eigenvalue weighted by molar-refractivity contribution is 7.98. The SMILES string of the molecule is Cc1cc(C#N)cc(C)c1Oc1nc(NC2CCN(Cc3ccc(S(C)(=O)=O)cc3)CC2)nc2c1CSC2. The van der Waals surface area contributed by atoms with E-state index in [4.69, 9.17) is 14.7 Å². The van der Waals surface area contributed by atoms with Crippen LogP contribution in [0.15, 0.2) is 41.3 Å². The van der Waals surface area contributed by atoms with Gasteiger partial charge in [0, 0.05) is 49.0 Å². The minimum Gasteiger partial charge on any atom is -0.438 e. The first-order chi connectivity index (χ1) is 18.2. The number of benzene rings is 2. The van der Waals surface area contributed by atoms with Crippen molar-refractivity contribution in [2.45, 2.75) is 55.7 Å². The molecular weight excluding hydrogens is 518 g/mol. The third-order valence-electron chi connectivity index (χ3n) is 7.01. The molecule has 1 fully saturated rings. The van der Waals surface area contributed by atoms with E-state index in [0.29, 0.717) is 22.3 Å². The predicted molar refractivity (Wildman–Crippen MR) is 149 cm³/mol. The molecule has 198 valence electrons. The van der Waals surface area contributed by atoms with E-state index < -0.39 is 9.84 Å². The number of thioether (sulfide) groups is 1. The smallest absolute Gasteiger partial charge is 0.228 e. The van der Waals surface area contributed by atoms with Crippen molar-refractivity contribution in [1.29, 1.82) is 5.26 Å². The molecule has 5 rings (SSSR count). The maximum absolute atomic E-state index is 11.7. The van der Waals surface area contributed by atoms with Crippen molar-refractivity contribution in [1.82, 2.24) is 14.9 Å². The molecule has 0 radical (unpaired) electrons. The van der Waals surface area contributed by atoms with Crippen molar-refractivity contribution in [2.75, 3.05) is 24.7 Å². The second-order valence-electron chi connectivity index (χ2n) is 10.0. The van der Waals surface area contributed by atoms with Crippen LogP contribution in [-0.4, -0.2) is 48.7 Å². The predicted octanol–water partition coefficient (Wildman–Crippen LogP) is 4.98. The van der Waals surface area contributed by atoms with Crippen molar-refractivity contribution in [3.05, 3.63) is 69.9 Å². The number of nitriles is 1. The van der Waals surface area contributed by atoms with Gasteiger partial charge in [0.2, 0.25) is 11.8 Å². The summed E-state index contributed by atoms with van der Waals surface area (Å²) in [6.45, 7) is 6.56. The number of nitrogens with one attached hydrogen (secondary N) is 1. The molecule has 0 amide bonds. The van der Waals surface area contributed by atoms with Gasteiger partial charge in [-0.3, -0.25) is 4.90 Å². The second-order valence-corrected chi connectivity index (χ2v) is 13.0. The summed E-state index contributed by atoms with van der Waals surface area (Å²) < 4.78 is 29.8. The molecule has 3 aromatic rings. The highest BCUT2D eigenvalue weighted by Gasteiger charge is 2.25. The average molecular weight is 550 g/mol. The number of nitrogens with zero attached hydrogens (tertiary/aromatic N) is 4. The van der Waals surface area contributed by atoms with Crippen LogP contribution in [0.1, 0.15) is 46.4 Å². The maximum atomic E-state index is 11.7. The van der Waals surface area contributed by atoms with Gasteiger partial charge in [0.05, 0.1) is 22.2 Å². The Morgan fingerprint density at radius 1 is 1.11 bits per heavy atom. The van der Waals surface area contributed by atoms with Crippen LogP contribution in [0.25, 0.3) is 0 Å². The normalized spacial score (nSPS) is 16.2. The molecule has 2 aromatic carbocycles. The summed E-state index contributed by atoms with van der Waals surface area (Å²) in [5, 5.41) is 12.8. The van der Waals surface area contributed by atoms with Crippen molar-refractivity contribution in [3.8, 4) is 17.7 Å². The summed E-state index contributed by atoms with van der Waals surface area (Å²) in [6, 6.07) is 13.3. The molecule has 0 bridgehead atoms. The lowest BCUT2D eigenvalue weighted by Crippen LogP contribution is -2.39. The highest BCUT2D eigenvalue weighted by Crippen LogP contribution is 2.38. The third-order valence-corrected chi connectivity index (χ3v) is 9.11. The minimum absolute atomic E-state index is 0.261. The van der Waals surface area contributed by atoms with E-state index in [1.54, 1.807) is 23.9 Å². The number of hydrogen-bond donors (Lipinski definition) is 1. The van der Waals surface area contributed by atoms with Crippen molar-refractivity contribution in [3.63, 3.8) is 0 Å². The van der Waals surface area contributed by atoms with E-state index in [0.717, 1.165) is 77.7 Å². The molecule has 0 saturated carbocycles. The largest absolute Gasteiger partial charge is 0.438 e. The summed E-state index contributed by atoms with van der Waals surface area (Å²) in [7, 11) is -3.18. The molecule has 2 aliphatic heterocycles. The minimum atomic E-state index is -3.18. The van der Waals surface area contributed by atoms with Gasteiger partial charge in [0.25, 0.3) is 0 Å². The van der Waals surface area contributed by atoms with Gasteiger partial charge in [-0.25, -0.2) is 13.4 Å². The van der Waals surface area contributed by atoms with Crippen molar-refractivity contribution in [2.24, 2.45) is 0 Å². The van der Waals surface area contributed by atoms with E-state index in [-0.39, 0.29) is 6.04 Å². The summed E-state index contributed by atoms with van der Waals surface area (Å²) in [4.78, 5) is 12.3. The zero-order valence-electron chi connectivity index (χ0n) is 21.8. The lowest BCUT2D eigenvalue weighted by molar-refractivity contribution is 0.211. The molecule has 0 atom stereocenters. The van der Waals surface area contributed by atoms with Crippen molar-refractivity contribution < 1.29 is 13.2 Å². The molecule has 38 heavy (non-hydrogen) atoms. The number of anilines is 1. The lowest BCUT2D eigenvalue weighted by Gasteiger charge is -2.32. The molecule has 0 spiro atoms. The molecule has 3 heterocycles. The fourth-order valence-corrected chi connectivity index (χ4v) is 6.62. The fraction of sp³-hybridized carbons (Fsp3) is 0.393. The highest BCUT2D eigenvalue weighted by atomic mass is 32.2. The topological polar surface area (TPSA) is 108 Å².